The Hall–Kier alpha value is -5.64. The number of carbonyl (C=O) groups is 4. The minimum Gasteiger partial charge on any atom is -0.457 e. The molecule has 1 saturated carbocycles. The van der Waals surface area contributed by atoms with Crippen molar-refractivity contribution in [2.75, 3.05) is 13.1 Å². The minimum atomic E-state index is -0.778. The summed E-state index contributed by atoms with van der Waals surface area (Å²) in [5.74, 6) is -0.975. The topological polar surface area (TPSA) is 112 Å². The van der Waals surface area contributed by atoms with Crippen molar-refractivity contribution in [3.63, 3.8) is 0 Å². The molecule has 0 heterocycles. The van der Waals surface area contributed by atoms with E-state index in [9.17, 15) is 19.2 Å². The lowest BCUT2D eigenvalue weighted by Gasteiger charge is -2.35. The van der Waals surface area contributed by atoms with Crippen molar-refractivity contribution in [3.8, 4) is 23.0 Å². The molecule has 0 aliphatic heterocycles. The van der Waals surface area contributed by atoms with Gasteiger partial charge >= 0.3 is 11.9 Å². The predicted octanol–water partition coefficient (Wildman–Crippen LogP) is 7.48. The standard InChI is InChI=1S/C40H42N2O8/c1-3-25-41(37(43)27-29-15-19-33(20-16-29)47-31-11-7-5-8-12-31)49-39(45)35-23-24-36(35)40(46)50-42(26-4-2)38(44)28-30-17-21-34(22-18-30)48-32-13-9-6-10-14-32/h5-22,35-36H,3-4,23-28H2,1-2H3. The molecule has 4 aromatic rings. The molecule has 10 nitrogen and oxygen atoms in total. The first kappa shape index (κ1) is 35.7. The van der Waals surface area contributed by atoms with Gasteiger partial charge in [-0.3, -0.25) is 9.59 Å². The fourth-order valence-electron chi connectivity index (χ4n) is 5.39. The van der Waals surface area contributed by atoms with Gasteiger partial charge in [0.15, 0.2) is 0 Å². The first-order valence-electron chi connectivity index (χ1n) is 17.0. The molecule has 0 saturated heterocycles. The molecule has 5 rings (SSSR count). The molecule has 2 atom stereocenters. The molecule has 1 aliphatic rings. The maximum atomic E-state index is 13.2. The molecule has 0 aromatic heterocycles. The van der Waals surface area contributed by atoms with Crippen LogP contribution < -0.4 is 9.47 Å². The van der Waals surface area contributed by atoms with Gasteiger partial charge in [-0.2, -0.15) is 10.1 Å². The molecule has 0 bridgehead atoms. The van der Waals surface area contributed by atoms with Gasteiger partial charge in [-0.1, -0.05) is 74.5 Å². The Kier molecular flexibility index (Phi) is 12.6. The van der Waals surface area contributed by atoms with Crippen LogP contribution >= 0.6 is 0 Å². The summed E-state index contributed by atoms with van der Waals surface area (Å²) in [6.07, 6.45) is 1.99. The molecule has 1 aliphatic carbocycles. The summed E-state index contributed by atoms with van der Waals surface area (Å²) < 4.78 is 11.6. The van der Waals surface area contributed by atoms with Gasteiger partial charge in [-0.25, -0.2) is 9.59 Å². The van der Waals surface area contributed by atoms with Crippen molar-refractivity contribution >= 4 is 23.8 Å². The third-order valence-electron chi connectivity index (χ3n) is 8.21. The van der Waals surface area contributed by atoms with E-state index < -0.39 is 23.8 Å². The average molecular weight is 679 g/mol. The Morgan fingerprint density at radius 3 is 1.18 bits per heavy atom. The van der Waals surface area contributed by atoms with E-state index in [0.29, 0.717) is 48.7 Å². The molecule has 1 fully saturated rings. The summed E-state index contributed by atoms with van der Waals surface area (Å²) in [4.78, 5) is 63.9. The van der Waals surface area contributed by atoms with Gasteiger partial charge in [-0.15, -0.1) is 0 Å². The summed E-state index contributed by atoms with van der Waals surface area (Å²) >= 11 is 0. The van der Waals surface area contributed by atoms with Crippen molar-refractivity contribution in [2.45, 2.75) is 52.4 Å². The monoisotopic (exact) mass is 678 g/mol. The lowest BCUT2D eigenvalue weighted by atomic mass is 9.74. The molecule has 2 unspecified atom stereocenters. The Bertz CT molecular complexity index is 1580. The number of carbonyl (C=O) groups excluding carboxylic acids is 4. The van der Waals surface area contributed by atoms with Crippen molar-refractivity contribution < 1.29 is 38.3 Å². The molecule has 260 valence electrons. The zero-order chi connectivity index (χ0) is 35.3. The smallest absolute Gasteiger partial charge is 0.336 e. The van der Waals surface area contributed by atoms with Crippen LogP contribution in [0.4, 0.5) is 0 Å². The second-order valence-corrected chi connectivity index (χ2v) is 12.1. The van der Waals surface area contributed by atoms with E-state index >= 15 is 0 Å². The molecule has 10 heteroatoms. The zero-order valence-corrected chi connectivity index (χ0v) is 28.4. The van der Waals surface area contributed by atoms with Crippen LogP contribution in [0.25, 0.3) is 0 Å². The van der Waals surface area contributed by atoms with Crippen LogP contribution in [-0.4, -0.2) is 47.0 Å². The summed E-state index contributed by atoms with van der Waals surface area (Å²) in [6, 6.07) is 33.0. The summed E-state index contributed by atoms with van der Waals surface area (Å²) in [5, 5.41) is 2.14. The van der Waals surface area contributed by atoms with Gasteiger partial charge < -0.3 is 19.1 Å². The third kappa shape index (κ3) is 9.95. The average Bonchev–Trinajstić information content (AvgIpc) is 3.10. The maximum Gasteiger partial charge on any atom is 0.336 e. The lowest BCUT2D eigenvalue weighted by molar-refractivity contribution is -0.216. The van der Waals surface area contributed by atoms with E-state index in [1.807, 2.05) is 74.5 Å². The van der Waals surface area contributed by atoms with Crippen molar-refractivity contribution in [1.82, 2.24) is 10.1 Å². The van der Waals surface area contributed by atoms with Crippen LogP contribution in [0.3, 0.4) is 0 Å². The van der Waals surface area contributed by atoms with E-state index in [-0.39, 0.29) is 37.7 Å². The minimum absolute atomic E-state index is 0.0197. The summed E-state index contributed by atoms with van der Waals surface area (Å²) in [7, 11) is 0. The second kappa shape index (κ2) is 17.7. The van der Waals surface area contributed by atoms with Gasteiger partial charge in [0, 0.05) is 0 Å². The third-order valence-corrected chi connectivity index (χ3v) is 8.21. The van der Waals surface area contributed by atoms with Gasteiger partial charge in [0.2, 0.25) is 0 Å². The first-order valence-corrected chi connectivity index (χ1v) is 17.0. The molecular weight excluding hydrogens is 636 g/mol. The van der Waals surface area contributed by atoms with Gasteiger partial charge in [0.05, 0.1) is 37.8 Å². The second-order valence-electron chi connectivity index (χ2n) is 12.1. The highest BCUT2D eigenvalue weighted by Crippen LogP contribution is 2.37. The van der Waals surface area contributed by atoms with E-state index in [1.54, 1.807) is 48.5 Å². The number of nitrogens with zero attached hydrogens (tertiary/aromatic N) is 2. The van der Waals surface area contributed by atoms with Crippen molar-refractivity contribution in [3.05, 3.63) is 120 Å². The Morgan fingerprint density at radius 1 is 0.520 bits per heavy atom. The lowest BCUT2D eigenvalue weighted by Crippen LogP contribution is -2.46. The normalized spacial score (nSPS) is 14.8. The summed E-state index contributed by atoms with van der Waals surface area (Å²) in [5.41, 5.74) is 1.46. The fourth-order valence-corrected chi connectivity index (χ4v) is 5.39. The predicted molar refractivity (Wildman–Crippen MR) is 186 cm³/mol. The van der Waals surface area contributed by atoms with Crippen molar-refractivity contribution in [2.24, 2.45) is 11.8 Å². The van der Waals surface area contributed by atoms with Crippen LogP contribution in [0, 0.1) is 11.8 Å². The Labute approximate surface area is 292 Å². The number of benzene rings is 4. The molecule has 0 spiro atoms. The number of hydrogen-bond donors (Lipinski definition) is 0. The number of hydroxylamine groups is 4. The van der Waals surface area contributed by atoms with Crippen LogP contribution in [0.5, 0.6) is 23.0 Å². The SMILES string of the molecule is CCCN(OC(=O)C1CCC1C(=O)ON(CCC)C(=O)Cc1ccc(Oc2ccccc2)cc1)C(=O)Cc1ccc(Oc2ccccc2)cc1. The highest BCUT2D eigenvalue weighted by molar-refractivity contribution is 5.86. The first-order chi connectivity index (χ1) is 24.3. The summed E-state index contributed by atoms with van der Waals surface area (Å²) in [6.45, 7) is 4.17. The molecule has 0 radical (unpaired) electrons. The molecule has 50 heavy (non-hydrogen) atoms. The highest BCUT2D eigenvalue weighted by atomic mass is 16.7. The van der Waals surface area contributed by atoms with Gasteiger partial charge in [0.25, 0.3) is 11.8 Å². The van der Waals surface area contributed by atoms with Gasteiger partial charge in [0.1, 0.15) is 23.0 Å². The molecule has 4 aromatic carbocycles. The van der Waals surface area contributed by atoms with Crippen LogP contribution in [0.15, 0.2) is 109 Å². The van der Waals surface area contributed by atoms with E-state index in [1.165, 1.54) is 0 Å². The number of ether oxygens (including phenoxy) is 2. The van der Waals surface area contributed by atoms with E-state index in [4.69, 9.17) is 19.1 Å². The van der Waals surface area contributed by atoms with E-state index in [0.717, 1.165) is 21.3 Å². The number of amides is 2. The zero-order valence-electron chi connectivity index (χ0n) is 28.4. The van der Waals surface area contributed by atoms with E-state index in [2.05, 4.69) is 0 Å². The van der Waals surface area contributed by atoms with Crippen LogP contribution in [0.1, 0.15) is 50.7 Å². The van der Waals surface area contributed by atoms with Crippen LogP contribution in [0.2, 0.25) is 0 Å². The number of para-hydroxylation sites is 2. The van der Waals surface area contributed by atoms with Gasteiger partial charge in [-0.05, 0) is 85.3 Å². The molecule has 2 amide bonds. The number of hydrogen-bond acceptors (Lipinski definition) is 8. The quantitative estimate of drug-likeness (QED) is 0.126. The maximum absolute atomic E-state index is 13.2. The fraction of sp³-hybridized carbons (Fsp3) is 0.300. The van der Waals surface area contributed by atoms with Crippen molar-refractivity contribution in [1.29, 1.82) is 0 Å². The Morgan fingerprint density at radius 2 is 0.860 bits per heavy atom. The number of rotatable bonds is 14. The largest absolute Gasteiger partial charge is 0.457 e. The van der Waals surface area contributed by atoms with Crippen LogP contribution in [-0.2, 0) is 41.7 Å². The molecule has 0 N–H and O–H groups in total. The molecular formula is C40H42N2O8. The Balaban J connectivity index is 1.12. The highest BCUT2D eigenvalue weighted by Gasteiger charge is 2.45.